The summed E-state index contributed by atoms with van der Waals surface area (Å²) in [5, 5.41) is 3.62. The molecule has 1 fully saturated rings. The van der Waals surface area contributed by atoms with Crippen LogP contribution in [-0.4, -0.2) is 47.0 Å². The summed E-state index contributed by atoms with van der Waals surface area (Å²) in [6.45, 7) is 2.99. The van der Waals surface area contributed by atoms with Crippen LogP contribution in [0.5, 0.6) is 0 Å². The highest BCUT2D eigenvalue weighted by molar-refractivity contribution is 5.86. The number of nitrogens with one attached hydrogen (secondary N) is 2. The number of imidazole rings is 1. The predicted octanol–water partition coefficient (Wildman–Crippen LogP) is 0.987. The van der Waals surface area contributed by atoms with Crippen LogP contribution in [0.2, 0.25) is 0 Å². The van der Waals surface area contributed by atoms with Gasteiger partial charge in [-0.2, -0.15) is 0 Å². The Labute approximate surface area is 149 Å². The largest absolute Gasteiger partial charge is 0.348 e. The van der Waals surface area contributed by atoms with Crippen LogP contribution in [0.15, 0.2) is 6.33 Å². The van der Waals surface area contributed by atoms with Crippen molar-refractivity contribution in [2.45, 2.75) is 31.2 Å². The molecule has 9 heteroatoms. The van der Waals surface area contributed by atoms with Crippen molar-refractivity contribution in [3.05, 3.63) is 17.7 Å². The van der Waals surface area contributed by atoms with Crippen molar-refractivity contribution in [3.8, 4) is 0 Å². The predicted molar refractivity (Wildman–Crippen MR) is 93.2 cm³/mol. The summed E-state index contributed by atoms with van der Waals surface area (Å²) in [6.07, 6.45) is 5.11. The molecule has 2 aliphatic heterocycles. The molecule has 1 spiro atoms. The zero-order valence-electron chi connectivity index (χ0n) is 12.3. The fourth-order valence-electron chi connectivity index (χ4n) is 3.27. The van der Waals surface area contributed by atoms with Gasteiger partial charge in [0.15, 0.2) is 0 Å². The van der Waals surface area contributed by atoms with Crippen LogP contribution >= 0.6 is 37.2 Å². The second-order valence-electron chi connectivity index (χ2n) is 5.41. The van der Waals surface area contributed by atoms with Gasteiger partial charge in [-0.25, -0.2) is 4.98 Å². The van der Waals surface area contributed by atoms with Gasteiger partial charge in [-0.3, -0.25) is 4.79 Å². The zero-order chi connectivity index (χ0) is 13.3. The number of aromatic nitrogens is 2. The van der Waals surface area contributed by atoms with Gasteiger partial charge in [0.1, 0.15) is 0 Å². The number of hydrogen-bond acceptors (Lipinski definition) is 4. The molecule has 2 aliphatic rings. The number of carbonyl (C=O) groups is 1. The van der Waals surface area contributed by atoms with Crippen LogP contribution in [0.4, 0.5) is 0 Å². The van der Waals surface area contributed by atoms with Crippen molar-refractivity contribution >= 4 is 43.1 Å². The molecule has 1 aromatic heterocycles. The van der Waals surface area contributed by atoms with E-state index in [9.17, 15) is 4.79 Å². The molecular formula is C13H24Cl3N5O. The van der Waals surface area contributed by atoms with Gasteiger partial charge in [-0.1, -0.05) is 0 Å². The number of nitrogens with zero attached hydrogens (tertiary/aromatic N) is 2. The number of hydrogen-bond donors (Lipinski definition) is 3. The van der Waals surface area contributed by atoms with Crippen LogP contribution in [0.3, 0.4) is 0 Å². The SMILES string of the molecule is Cl.Cl.Cl.NCCC(=O)N1CCC2(CC1)NCCc1[nH]cnc12. The number of nitrogens with two attached hydrogens (primary N) is 1. The van der Waals surface area contributed by atoms with Gasteiger partial charge < -0.3 is 20.9 Å². The number of piperidine rings is 1. The van der Waals surface area contributed by atoms with E-state index in [2.05, 4.69) is 15.3 Å². The number of fused-ring (bicyclic) bond motifs is 2. The van der Waals surface area contributed by atoms with Gasteiger partial charge in [0.25, 0.3) is 0 Å². The van der Waals surface area contributed by atoms with Crippen LogP contribution in [0, 0.1) is 0 Å². The minimum atomic E-state index is -0.0346. The lowest BCUT2D eigenvalue weighted by atomic mass is 9.80. The van der Waals surface area contributed by atoms with E-state index in [0.29, 0.717) is 13.0 Å². The van der Waals surface area contributed by atoms with Crippen LogP contribution in [0.25, 0.3) is 0 Å². The summed E-state index contributed by atoms with van der Waals surface area (Å²) in [4.78, 5) is 21.5. The number of carbonyl (C=O) groups excluding carboxylic acids is 1. The molecular weight excluding hydrogens is 349 g/mol. The van der Waals surface area contributed by atoms with Gasteiger partial charge >= 0.3 is 0 Å². The minimum Gasteiger partial charge on any atom is -0.348 e. The Morgan fingerprint density at radius 3 is 2.64 bits per heavy atom. The van der Waals surface area contributed by atoms with Gasteiger partial charge in [0, 0.05) is 44.7 Å². The second kappa shape index (κ2) is 8.93. The highest BCUT2D eigenvalue weighted by Crippen LogP contribution is 2.35. The van der Waals surface area contributed by atoms with Crippen molar-refractivity contribution < 1.29 is 4.79 Å². The first-order chi connectivity index (χ1) is 9.25. The van der Waals surface area contributed by atoms with Crippen LogP contribution < -0.4 is 11.1 Å². The molecule has 0 atom stereocenters. The Kier molecular flexibility index (Phi) is 8.72. The molecule has 0 radical (unpaired) electrons. The number of aromatic amines is 1. The number of H-pyrrole nitrogens is 1. The quantitative estimate of drug-likeness (QED) is 0.722. The highest BCUT2D eigenvalue weighted by Gasteiger charge is 2.41. The van der Waals surface area contributed by atoms with E-state index in [-0.39, 0.29) is 48.7 Å². The maximum Gasteiger partial charge on any atom is 0.223 e. The van der Waals surface area contributed by atoms with Crippen molar-refractivity contribution in [3.63, 3.8) is 0 Å². The maximum atomic E-state index is 11.9. The molecule has 3 rings (SSSR count). The van der Waals surface area contributed by atoms with Crippen molar-refractivity contribution in [2.75, 3.05) is 26.2 Å². The molecule has 1 amide bonds. The molecule has 0 aliphatic carbocycles. The summed E-state index contributed by atoms with van der Waals surface area (Å²) in [6, 6.07) is 0. The van der Waals surface area contributed by atoms with E-state index in [4.69, 9.17) is 5.73 Å². The molecule has 0 bridgehead atoms. The lowest BCUT2D eigenvalue weighted by molar-refractivity contribution is -0.132. The Hall–Kier alpha value is -0.530. The summed E-state index contributed by atoms with van der Waals surface area (Å²) in [5.41, 5.74) is 7.82. The number of halogens is 3. The first-order valence-electron chi connectivity index (χ1n) is 7.01. The number of rotatable bonds is 2. The van der Waals surface area contributed by atoms with E-state index in [0.717, 1.165) is 44.6 Å². The first-order valence-corrected chi connectivity index (χ1v) is 7.01. The molecule has 3 heterocycles. The number of amides is 1. The summed E-state index contributed by atoms with van der Waals surface area (Å²) < 4.78 is 0. The smallest absolute Gasteiger partial charge is 0.223 e. The minimum absolute atomic E-state index is 0. The fourth-order valence-corrected chi connectivity index (χ4v) is 3.27. The van der Waals surface area contributed by atoms with Gasteiger partial charge in [-0.05, 0) is 12.8 Å². The number of likely N-dealkylation sites (tertiary alicyclic amines) is 1. The van der Waals surface area contributed by atoms with E-state index < -0.39 is 0 Å². The third kappa shape index (κ3) is 3.86. The van der Waals surface area contributed by atoms with Crippen LogP contribution in [-0.2, 0) is 16.8 Å². The molecule has 0 unspecified atom stereocenters. The fraction of sp³-hybridized carbons (Fsp3) is 0.692. The van der Waals surface area contributed by atoms with E-state index in [1.807, 2.05) is 4.90 Å². The molecule has 4 N–H and O–H groups in total. The third-order valence-electron chi connectivity index (χ3n) is 4.34. The average Bonchev–Trinajstić information content (AvgIpc) is 2.90. The topological polar surface area (TPSA) is 87.0 Å². The third-order valence-corrected chi connectivity index (χ3v) is 4.34. The van der Waals surface area contributed by atoms with Gasteiger partial charge in [0.2, 0.25) is 5.91 Å². The molecule has 0 aromatic carbocycles. The molecule has 1 aromatic rings. The molecule has 1 saturated heterocycles. The van der Waals surface area contributed by atoms with Gasteiger partial charge in [0.05, 0.1) is 17.6 Å². The lowest BCUT2D eigenvalue weighted by Crippen LogP contribution is -2.55. The summed E-state index contributed by atoms with van der Waals surface area (Å²) in [5.74, 6) is 0.176. The monoisotopic (exact) mass is 371 g/mol. The molecule has 0 saturated carbocycles. The van der Waals surface area contributed by atoms with Crippen molar-refractivity contribution in [1.82, 2.24) is 20.2 Å². The molecule has 6 nitrogen and oxygen atoms in total. The van der Waals surface area contributed by atoms with E-state index >= 15 is 0 Å². The van der Waals surface area contributed by atoms with Crippen LogP contribution in [0.1, 0.15) is 30.7 Å². The normalized spacial score (nSPS) is 18.5. The highest BCUT2D eigenvalue weighted by atomic mass is 35.5. The van der Waals surface area contributed by atoms with Crippen molar-refractivity contribution in [1.29, 1.82) is 0 Å². The average molecular weight is 373 g/mol. The molecule has 128 valence electrons. The standard InChI is InChI=1S/C13H21N5O.3ClH/c14-5-1-11(19)18-7-3-13(4-8-18)12-10(2-6-17-13)15-9-16-12;;;/h9,17H,1-8,14H2,(H,15,16);3*1H. The Morgan fingerprint density at radius 1 is 1.32 bits per heavy atom. The van der Waals surface area contributed by atoms with E-state index in [1.54, 1.807) is 6.33 Å². The zero-order valence-corrected chi connectivity index (χ0v) is 14.8. The van der Waals surface area contributed by atoms with Crippen molar-refractivity contribution in [2.24, 2.45) is 5.73 Å². The van der Waals surface area contributed by atoms with E-state index in [1.165, 1.54) is 5.69 Å². The Morgan fingerprint density at radius 2 is 2.00 bits per heavy atom. The first kappa shape index (κ1) is 21.5. The Bertz CT molecular complexity index is 474. The second-order valence-corrected chi connectivity index (χ2v) is 5.41. The maximum absolute atomic E-state index is 11.9. The lowest BCUT2D eigenvalue weighted by Gasteiger charge is -2.44. The summed E-state index contributed by atoms with van der Waals surface area (Å²) >= 11 is 0. The Balaban J connectivity index is 0.00000147. The summed E-state index contributed by atoms with van der Waals surface area (Å²) in [7, 11) is 0. The van der Waals surface area contributed by atoms with Gasteiger partial charge in [-0.15, -0.1) is 37.2 Å². The molecule has 22 heavy (non-hydrogen) atoms.